The summed E-state index contributed by atoms with van der Waals surface area (Å²) in [5.74, 6) is -1.49. The zero-order chi connectivity index (χ0) is 31.0. The van der Waals surface area contributed by atoms with E-state index in [1.807, 2.05) is 68.4 Å². The molecule has 10 heteroatoms. The van der Waals surface area contributed by atoms with Crippen LogP contribution in [0.4, 0.5) is 10.1 Å². The van der Waals surface area contributed by atoms with Crippen molar-refractivity contribution in [3.8, 4) is 0 Å². The van der Waals surface area contributed by atoms with Gasteiger partial charge in [0, 0.05) is 23.5 Å². The van der Waals surface area contributed by atoms with E-state index in [-0.39, 0.29) is 35.5 Å². The number of nitrogens with one attached hydrogen (secondary N) is 1. The Labute approximate surface area is 260 Å². The van der Waals surface area contributed by atoms with Gasteiger partial charge in [-0.15, -0.1) is 0 Å². The van der Waals surface area contributed by atoms with Gasteiger partial charge in [-0.3, -0.25) is 13.9 Å². The molecule has 4 rings (SSSR count). The first kappa shape index (κ1) is 31.9. The van der Waals surface area contributed by atoms with Crippen molar-refractivity contribution in [3.05, 3.63) is 131 Å². The quantitative estimate of drug-likeness (QED) is 0.203. The number of hydrogen-bond acceptors (Lipinski definition) is 4. The summed E-state index contributed by atoms with van der Waals surface area (Å²) in [6, 6.07) is 28.2. The minimum atomic E-state index is -4.24. The van der Waals surface area contributed by atoms with Gasteiger partial charge in [-0.2, -0.15) is 0 Å². The number of halogens is 2. The van der Waals surface area contributed by atoms with Gasteiger partial charge in [-0.1, -0.05) is 76.6 Å². The fourth-order valence-electron chi connectivity index (χ4n) is 4.58. The lowest BCUT2D eigenvalue weighted by molar-refractivity contribution is -0.140. The molecule has 2 amide bonds. The van der Waals surface area contributed by atoms with Crippen LogP contribution in [0, 0.1) is 5.82 Å². The Hall–Kier alpha value is -4.02. The van der Waals surface area contributed by atoms with Crippen LogP contribution in [0.1, 0.15) is 25.0 Å². The Morgan fingerprint density at radius 3 is 1.98 bits per heavy atom. The van der Waals surface area contributed by atoms with Crippen molar-refractivity contribution in [2.24, 2.45) is 0 Å². The van der Waals surface area contributed by atoms with Crippen molar-refractivity contribution in [2.75, 3.05) is 10.8 Å². The molecule has 0 saturated heterocycles. The summed E-state index contributed by atoms with van der Waals surface area (Å²) in [6.07, 6.45) is 0.212. The highest BCUT2D eigenvalue weighted by molar-refractivity contribution is 9.10. The zero-order valence-electron chi connectivity index (χ0n) is 23.9. The summed E-state index contributed by atoms with van der Waals surface area (Å²) in [5, 5.41) is 2.93. The van der Waals surface area contributed by atoms with Crippen molar-refractivity contribution in [1.82, 2.24) is 10.2 Å². The molecule has 1 unspecified atom stereocenters. The highest BCUT2D eigenvalue weighted by Crippen LogP contribution is 2.25. The Balaban J connectivity index is 1.79. The lowest BCUT2D eigenvalue weighted by atomic mass is 10.0. The molecule has 43 heavy (non-hydrogen) atoms. The Morgan fingerprint density at radius 1 is 0.814 bits per heavy atom. The van der Waals surface area contributed by atoms with Gasteiger partial charge >= 0.3 is 0 Å². The molecule has 1 atom stereocenters. The summed E-state index contributed by atoms with van der Waals surface area (Å²) in [6.45, 7) is 3.11. The molecule has 0 fully saturated rings. The predicted octanol–water partition coefficient (Wildman–Crippen LogP) is 5.95. The van der Waals surface area contributed by atoms with Gasteiger partial charge in [0.15, 0.2) is 0 Å². The van der Waals surface area contributed by atoms with E-state index in [1.165, 1.54) is 29.2 Å². The van der Waals surface area contributed by atoms with Crippen LogP contribution in [0.5, 0.6) is 0 Å². The third kappa shape index (κ3) is 8.52. The first-order valence-electron chi connectivity index (χ1n) is 13.8. The second kappa shape index (κ2) is 14.4. The smallest absolute Gasteiger partial charge is 0.264 e. The molecule has 0 aliphatic carbocycles. The molecule has 224 valence electrons. The maximum absolute atomic E-state index is 14.3. The topological polar surface area (TPSA) is 86.8 Å². The van der Waals surface area contributed by atoms with E-state index in [2.05, 4.69) is 21.2 Å². The van der Waals surface area contributed by atoms with Crippen molar-refractivity contribution in [1.29, 1.82) is 0 Å². The van der Waals surface area contributed by atoms with Gasteiger partial charge < -0.3 is 10.2 Å². The summed E-state index contributed by atoms with van der Waals surface area (Å²) < 4.78 is 43.4. The standard InChI is InChI=1S/C33H33BrFN3O4S/c1-24(2)36-33(40)31(21-25-9-5-3-6-10-25)37(22-26-13-15-27(34)16-14-26)32(39)23-38(29-19-17-28(35)18-20-29)43(41,42)30-11-7-4-8-12-30/h3-20,24,31H,21-23H2,1-2H3,(H,36,40). The van der Waals surface area contributed by atoms with Gasteiger partial charge in [0.2, 0.25) is 11.8 Å². The van der Waals surface area contributed by atoms with Crippen molar-refractivity contribution >= 4 is 43.5 Å². The zero-order valence-corrected chi connectivity index (χ0v) is 26.3. The third-order valence-electron chi connectivity index (χ3n) is 6.69. The monoisotopic (exact) mass is 665 g/mol. The average molecular weight is 667 g/mol. The second-order valence-corrected chi connectivity index (χ2v) is 13.1. The van der Waals surface area contributed by atoms with Gasteiger partial charge in [0.25, 0.3) is 10.0 Å². The molecule has 0 heterocycles. The second-order valence-electron chi connectivity index (χ2n) is 10.3. The SMILES string of the molecule is CC(C)NC(=O)C(Cc1ccccc1)N(Cc1ccc(Br)cc1)C(=O)CN(c1ccc(F)cc1)S(=O)(=O)c1ccccc1. The highest BCUT2D eigenvalue weighted by atomic mass is 79.9. The number of carbonyl (C=O) groups is 2. The van der Waals surface area contributed by atoms with E-state index in [9.17, 15) is 22.4 Å². The number of nitrogens with zero attached hydrogens (tertiary/aromatic N) is 2. The summed E-state index contributed by atoms with van der Waals surface area (Å²) >= 11 is 3.43. The minimum absolute atomic E-state index is 0.0232. The third-order valence-corrected chi connectivity index (χ3v) is 9.01. The van der Waals surface area contributed by atoms with E-state index in [0.29, 0.717) is 0 Å². The maximum atomic E-state index is 14.3. The minimum Gasteiger partial charge on any atom is -0.352 e. The molecule has 0 aliphatic rings. The fraction of sp³-hybridized carbons (Fsp3) is 0.212. The lowest BCUT2D eigenvalue weighted by Crippen LogP contribution is -2.54. The predicted molar refractivity (Wildman–Crippen MR) is 169 cm³/mol. The van der Waals surface area contributed by atoms with E-state index >= 15 is 0 Å². The number of rotatable bonds is 12. The number of benzene rings is 4. The van der Waals surface area contributed by atoms with E-state index in [0.717, 1.165) is 32.0 Å². The maximum Gasteiger partial charge on any atom is 0.264 e. The van der Waals surface area contributed by atoms with Crippen LogP contribution in [-0.2, 0) is 32.6 Å². The van der Waals surface area contributed by atoms with E-state index in [1.54, 1.807) is 18.2 Å². The molecule has 0 bridgehead atoms. The summed E-state index contributed by atoms with van der Waals surface area (Å²) in [5.41, 5.74) is 1.71. The first-order valence-corrected chi connectivity index (χ1v) is 16.0. The van der Waals surface area contributed by atoms with Crippen LogP contribution < -0.4 is 9.62 Å². The number of hydrogen-bond donors (Lipinski definition) is 1. The first-order chi connectivity index (χ1) is 20.5. The molecule has 0 aliphatic heterocycles. The van der Waals surface area contributed by atoms with Crippen LogP contribution in [0.15, 0.2) is 119 Å². The van der Waals surface area contributed by atoms with Crippen LogP contribution >= 0.6 is 15.9 Å². The number of amides is 2. The Kier molecular flexibility index (Phi) is 10.7. The van der Waals surface area contributed by atoms with Crippen molar-refractivity contribution in [3.63, 3.8) is 0 Å². The molecule has 0 radical (unpaired) electrons. The molecular formula is C33H33BrFN3O4S. The summed E-state index contributed by atoms with van der Waals surface area (Å²) in [7, 11) is -4.24. The highest BCUT2D eigenvalue weighted by Gasteiger charge is 2.34. The molecule has 7 nitrogen and oxygen atoms in total. The molecule has 0 aromatic heterocycles. The fourth-order valence-corrected chi connectivity index (χ4v) is 6.28. The van der Waals surface area contributed by atoms with Crippen molar-refractivity contribution < 1.29 is 22.4 Å². The van der Waals surface area contributed by atoms with E-state index in [4.69, 9.17) is 0 Å². The van der Waals surface area contributed by atoms with Crippen LogP contribution in [0.3, 0.4) is 0 Å². The molecule has 0 spiro atoms. The molecule has 1 N–H and O–H groups in total. The number of anilines is 1. The molecular weight excluding hydrogens is 633 g/mol. The Morgan fingerprint density at radius 2 is 1.40 bits per heavy atom. The van der Waals surface area contributed by atoms with Gasteiger partial charge in [-0.25, -0.2) is 12.8 Å². The average Bonchev–Trinajstić information content (AvgIpc) is 2.99. The lowest BCUT2D eigenvalue weighted by Gasteiger charge is -2.34. The van der Waals surface area contributed by atoms with E-state index < -0.39 is 34.3 Å². The number of carbonyl (C=O) groups excluding carboxylic acids is 2. The van der Waals surface area contributed by atoms with Crippen LogP contribution in [0.2, 0.25) is 0 Å². The van der Waals surface area contributed by atoms with Crippen molar-refractivity contribution in [2.45, 2.75) is 43.8 Å². The normalized spacial score (nSPS) is 12.0. The van der Waals surface area contributed by atoms with Crippen LogP contribution in [-0.4, -0.2) is 43.8 Å². The summed E-state index contributed by atoms with van der Waals surface area (Å²) in [4.78, 5) is 29.4. The Bertz CT molecular complexity index is 1620. The van der Waals surface area contributed by atoms with Crippen LogP contribution in [0.25, 0.3) is 0 Å². The molecule has 0 saturated carbocycles. The largest absolute Gasteiger partial charge is 0.352 e. The van der Waals surface area contributed by atoms with Gasteiger partial charge in [0.05, 0.1) is 10.6 Å². The molecule has 4 aromatic rings. The molecule has 4 aromatic carbocycles. The van der Waals surface area contributed by atoms with Gasteiger partial charge in [0.1, 0.15) is 18.4 Å². The number of sulfonamides is 1. The van der Waals surface area contributed by atoms with Gasteiger partial charge in [-0.05, 0) is 73.5 Å².